The van der Waals surface area contributed by atoms with Crippen molar-refractivity contribution in [3.63, 3.8) is 0 Å². The summed E-state index contributed by atoms with van der Waals surface area (Å²) in [6.07, 6.45) is 8.16. The third kappa shape index (κ3) is 2.56. The maximum Gasteiger partial charge on any atom is 0.165 e. The lowest BCUT2D eigenvalue weighted by atomic mass is 9.33. The first-order valence-corrected chi connectivity index (χ1v) is 14.1. The highest BCUT2D eigenvalue weighted by Gasteiger charge is 2.82. The summed E-state index contributed by atoms with van der Waals surface area (Å²) in [5.74, 6) is 0.932. The van der Waals surface area contributed by atoms with Gasteiger partial charge in [-0.2, -0.15) is 0 Å². The van der Waals surface area contributed by atoms with Crippen molar-refractivity contribution in [3.05, 3.63) is 23.3 Å². The van der Waals surface area contributed by atoms with Gasteiger partial charge in [0.25, 0.3) is 0 Å². The number of fused-ring (bicyclic) bond motifs is 2. The number of likely N-dealkylation sites (tertiary alicyclic amines) is 1. The lowest BCUT2D eigenvalue weighted by molar-refractivity contribution is -0.313. The molecule has 0 radical (unpaired) electrons. The quantitative estimate of drug-likeness (QED) is 0.559. The molecule has 5 heteroatoms. The van der Waals surface area contributed by atoms with Gasteiger partial charge in [0.1, 0.15) is 11.7 Å². The van der Waals surface area contributed by atoms with E-state index in [0.29, 0.717) is 11.8 Å². The van der Waals surface area contributed by atoms with Gasteiger partial charge in [-0.3, -0.25) is 4.90 Å². The summed E-state index contributed by atoms with van der Waals surface area (Å²) in [6.45, 7) is 13.1. The van der Waals surface area contributed by atoms with E-state index in [1.165, 1.54) is 24.0 Å². The van der Waals surface area contributed by atoms with Crippen molar-refractivity contribution < 1.29 is 19.7 Å². The number of unbranched alkanes of at least 4 members (excludes halogenated alkanes) is 1. The lowest BCUT2D eigenvalue weighted by Gasteiger charge is -2.75. The number of piperidine rings is 1. The Morgan fingerprint density at radius 2 is 1.94 bits per heavy atom. The van der Waals surface area contributed by atoms with Crippen LogP contribution in [-0.4, -0.2) is 58.7 Å². The minimum absolute atomic E-state index is 0.0223. The molecule has 1 saturated heterocycles. The van der Waals surface area contributed by atoms with E-state index in [1.54, 1.807) is 0 Å². The van der Waals surface area contributed by atoms with Crippen LogP contribution >= 0.6 is 0 Å². The van der Waals surface area contributed by atoms with E-state index in [0.717, 1.165) is 51.6 Å². The van der Waals surface area contributed by atoms with E-state index >= 15 is 0 Å². The van der Waals surface area contributed by atoms with Gasteiger partial charge in [0.2, 0.25) is 0 Å². The zero-order valence-corrected chi connectivity index (χ0v) is 22.6. The van der Waals surface area contributed by atoms with Crippen molar-refractivity contribution in [2.45, 2.75) is 115 Å². The van der Waals surface area contributed by atoms with Crippen LogP contribution < -0.4 is 4.74 Å². The molecule has 0 aromatic heterocycles. The maximum atomic E-state index is 12.4. The number of aromatic hydroxyl groups is 1. The van der Waals surface area contributed by atoms with Crippen LogP contribution in [0.4, 0.5) is 0 Å². The molecule has 7 atom stereocenters. The fourth-order valence-electron chi connectivity index (χ4n) is 9.67. The molecule has 2 N–H and O–H groups in total. The number of benzene rings is 1. The monoisotopic (exact) mass is 483 g/mol. The number of phenols is 1. The molecule has 194 valence electrons. The smallest absolute Gasteiger partial charge is 0.165 e. The first-order valence-electron chi connectivity index (χ1n) is 14.1. The largest absolute Gasteiger partial charge is 0.504 e. The molecule has 1 aromatic carbocycles. The van der Waals surface area contributed by atoms with Gasteiger partial charge in [0, 0.05) is 35.5 Å². The van der Waals surface area contributed by atoms with E-state index in [-0.39, 0.29) is 34.0 Å². The van der Waals surface area contributed by atoms with E-state index < -0.39 is 11.2 Å². The molecule has 4 bridgehead atoms. The Kier molecular flexibility index (Phi) is 5.08. The molecule has 2 spiro atoms. The van der Waals surface area contributed by atoms with Crippen LogP contribution in [0.15, 0.2) is 12.1 Å². The average molecular weight is 484 g/mol. The molecule has 5 nitrogen and oxygen atoms in total. The van der Waals surface area contributed by atoms with Crippen LogP contribution in [0.2, 0.25) is 0 Å². The SMILES string of the molecule is CCCCN1CC[C@]23c4c5ccc(O)c4O[C@H]2[C@]2(OC)CC[C@@]3(C[C@@H]2[C@](C)(O)C(C)(C)CC)[C@H]1C5. The number of hydrogen-bond acceptors (Lipinski definition) is 5. The number of ether oxygens (including phenoxy) is 2. The van der Waals surface area contributed by atoms with Gasteiger partial charge in [-0.1, -0.05) is 40.2 Å². The normalized spacial score (nSPS) is 40.8. The highest BCUT2D eigenvalue weighted by atomic mass is 16.6. The predicted octanol–water partition coefficient (Wildman–Crippen LogP) is 5.19. The number of rotatable bonds is 7. The zero-order valence-electron chi connectivity index (χ0n) is 22.6. The van der Waals surface area contributed by atoms with Crippen molar-refractivity contribution in [3.8, 4) is 11.5 Å². The lowest BCUT2D eigenvalue weighted by Crippen LogP contribution is -2.83. The Morgan fingerprint density at radius 3 is 2.63 bits per heavy atom. The Morgan fingerprint density at radius 1 is 1.17 bits per heavy atom. The van der Waals surface area contributed by atoms with Gasteiger partial charge in [-0.05, 0) is 82.0 Å². The number of hydrogen-bond donors (Lipinski definition) is 2. The summed E-state index contributed by atoms with van der Waals surface area (Å²) in [4.78, 5) is 2.78. The van der Waals surface area contributed by atoms with E-state index in [2.05, 4.69) is 45.6 Å². The Bertz CT molecular complexity index is 1040. The summed E-state index contributed by atoms with van der Waals surface area (Å²) in [7, 11) is 1.83. The van der Waals surface area contributed by atoms with Crippen molar-refractivity contribution in [1.82, 2.24) is 4.90 Å². The van der Waals surface area contributed by atoms with E-state index in [1.807, 2.05) is 13.2 Å². The number of methoxy groups -OCH3 is 1. The van der Waals surface area contributed by atoms with Crippen molar-refractivity contribution in [1.29, 1.82) is 0 Å². The summed E-state index contributed by atoms with van der Waals surface area (Å²) >= 11 is 0. The van der Waals surface area contributed by atoms with E-state index in [9.17, 15) is 10.2 Å². The maximum absolute atomic E-state index is 12.4. The van der Waals surface area contributed by atoms with Crippen LogP contribution in [-0.2, 0) is 16.6 Å². The van der Waals surface area contributed by atoms with Crippen LogP contribution in [0.5, 0.6) is 11.5 Å². The zero-order chi connectivity index (χ0) is 25.0. The van der Waals surface area contributed by atoms with Crippen molar-refractivity contribution >= 4 is 0 Å². The highest BCUT2D eigenvalue weighted by molar-refractivity contribution is 5.63. The van der Waals surface area contributed by atoms with Gasteiger partial charge < -0.3 is 19.7 Å². The summed E-state index contributed by atoms with van der Waals surface area (Å²) in [5, 5.41) is 23.4. The standard InChI is InChI=1S/C30H45NO4/c1-7-9-15-31-16-14-29-23-19-10-11-20(32)24(23)35-25(29)30(34-6)13-12-28(29,22(31)17-19)18-21(30)27(5,33)26(3,4)8-2/h10-11,21-22,25,32-33H,7-9,12-18H2,1-6H3/t21-,22-,25-,27+,28-,29+,30+/m1/s1. The molecule has 6 aliphatic rings. The van der Waals surface area contributed by atoms with Crippen molar-refractivity contribution in [2.24, 2.45) is 16.7 Å². The molecule has 4 fully saturated rings. The molecule has 4 aliphatic carbocycles. The predicted molar refractivity (Wildman–Crippen MR) is 137 cm³/mol. The first-order chi connectivity index (χ1) is 16.6. The second kappa shape index (κ2) is 7.39. The van der Waals surface area contributed by atoms with Gasteiger partial charge in [-0.15, -0.1) is 0 Å². The molecule has 0 amide bonds. The number of nitrogens with zero attached hydrogens (tertiary/aromatic N) is 1. The van der Waals surface area contributed by atoms with Gasteiger partial charge in [0.05, 0.1) is 5.60 Å². The molecule has 1 aromatic rings. The highest BCUT2D eigenvalue weighted by Crippen LogP contribution is 2.78. The third-order valence-electron chi connectivity index (χ3n) is 12.2. The van der Waals surface area contributed by atoms with Crippen LogP contribution in [0.25, 0.3) is 0 Å². The van der Waals surface area contributed by atoms with Gasteiger partial charge in [0.15, 0.2) is 11.5 Å². The fourth-order valence-corrected chi connectivity index (χ4v) is 9.67. The molecule has 2 heterocycles. The van der Waals surface area contributed by atoms with Crippen LogP contribution in [0, 0.1) is 16.7 Å². The Hall–Kier alpha value is -1.30. The van der Waals surface area contributed by atoms with Crippen LogP contribution in [0.3, 0.4) is 0 Å². The number of phenolic OH excluding ortho intramolecular Hbond substituents is 1. The summed E-state index contributed by atoms with van der Waals surface area (Å²) < 4.78 is 13.5. The van der Waals surface area contributed by atoms with Crippen molar-refractivity contribution in [2.75, 3.05) is 20.2 Å². The van der Waals surface area contributed by atoms with Gasteiger partial charge >= 0.3 is 0 Å². The Balaban J connectivity index is 1.59. The van der Waals surface area contributed by atoms with Gasteiger partial charge in [-0.25, -0.2) is 0 Å². The van der Waals surface area contributed by atoms with E-state index in [4.69, 9.17) is 9.47 Å². The average Bonchev–Trinajstić information content (AvgIpc) is 3.22. The fraction of sp³-hybridized carbons (Fsp3) is 0.800. The topological polar surface area (TPSA) is 62.2 Å². The molecule has 7 rings (SSSR count). The minimum atomic E-state index is -0.907. The summed E-state index contributed by atoms with van der Waals surface area (Å²) in [6, 6.07) is 4.43. The number of aliphatic hydroxyl groups is 1. The molecule has 35 heavy (non-hydrogen) atoms. The Labute approximate surface area is 211 Å². The molecular weight excluding hydrogens is 438 g/mol. The second-order valence-corrected chi connectivity index (χ2v) is 13.2. The second-order valence-electron chi connectivity index (χ2n) is 13.2. The molecular formula is C30H45NO4. The first kappa shape index (κ1) is 24.1. The summed E-state index contributed by atoms with van der Waals surface area (Å²) in [5.41, 5.74) is 0.766. The van der Waals surface area contributed by atoms with Crippen LogP contribution in [0.1, 0.15) is 90.7 Å². The molecule has 3 saturated carbocycles. The molecule has 0 unspecified atom stereocenters. The third-order valence-corrected chi connectivity index (χ3v) is 12.2. The molecule has 2 aliphatic heterocycles. The minimum Gasteiger partial charge on any atom is -0.504 e.